The predicted molar refractivity (Wildman–Crippen MR) is 93.6 cm³/mol. The van der Waals surface area contributed by atoms with Gasteiger partial charge in [0.2, 0.25) is 0 Å². The fraction of sp³-hybridized carbons (Fsp3) is 0.429. The summed E-state index contributed by atoms with van der Waals surface area (Å²) in [5.41, 5.74) is 2.70. The summed E-state index contributed by atoms with van der Waals surface area (Å²) in [6.07, 6.45) is -0.0866. The molecule has 0 unspecified atom stereocenters. The molecule has 2 aromatic rings. The van der Waals surface area contributed by atoms with Crippen molar-refractivity contribution in [2.24, 2.45) is 5.92 Å². The highest BCUT2D eigenvalue weighted by Crippen LogP contribution is 2.37. The van der Waals surface area contributed by atoms with Gasteiger partial charge in [0, 0.05) is 0 Å². The SMILES string of the molecule is Cc1cc(-c2ccc(C3CCC(C)CC3)cc2)cc(F)c1OC(F)(F)F. The number of ether oxygens (including phenoxy) is 1. The lowest BCUT2D eigenvalue weighted by atomic mass is 9.79. The molecule has 0 aliphatic heterocycles. The first kappa shape index (κ1) is 18.7. The van der Waals surface area contributed by atoms with Gasteiger partial charge in [-0.1, -0.05) is 44.0 Å². The van der Waals surface area contributed by atoms with E-state index in [0.29, 0.717) is 11.5 Å². The highest BCUT2D eigenvalue weighted by Gasteiger charge is 2.33. The number of hydrogen-bond donors (Lipinski definition) is 0. The van der Waals surface area contributed by atoms with Gasteiger partial charge in [-0.05, 0) is 66.0 Å². The van der Waals surface area contributed by atoms with Crippen LogP contribution in [0.2, 0.25) is 0 Å². The van der Waals surface area contributed by atoms with E-state index in [1.54, 1.807) is 0 Å². The molecule has 0 N–H and O–H groups in total. The number of rotatable bonds is 3. The molecular weight excluding hydrogens is 344 g/mol. The lowest BCUT2D eigenvalue weighted by Gasteiger charge is -2.26. The van der Waals surface area contributed by atoms with Crippen molar-refractivity contribution in [3.05, 3.63) is 53.3 Å². The van der Waals surface area contributed by atoms with Crippen LogP contribution in [0.4, 0.5) is 17.6 Å². The molecule has 5 heteroatoms. The van der Waals surface area contributed by atoms with Gasteiger partial charge in [0.1, 0.15) is 0 Å². The highest BCUT2D eigenvalue weighted by atomic mass is 19.4. The van der Waals surface area contributed by atoms with Gasteiger partial charge < -0.3 is 4.74 Å². The molecule has 0 spiro atoms. The lowest BCUT2D eigenvalue weighted by molar-refractivity contribution is -0.275. The minimum absolute atomic E-state index is 0.114. The molecule has 0 aromatic heterocycles. The largest absolute Gasteiger partial charge is 0.573 e. The van der Waals surface area contributed by atoms with Gasteiger partial charge >= 0.3 is 6.36 Å². The van der Waals surface area contributed by atoms with Crippen LogP contribution in [0.1, 0.15) is 49.7 Å². The van der Waals surface area contributed by atoms with Gasteiger partial charge in [0.15, 0.2) is 11.6 Å². The molecule has 0 radical (unpaired) electrons. The Kier molecular flexibility index (Phi) is 5.26. The summed E-state index contributed by atoms with van der Waals surface area (Å²) in [7, 11) is 0. The molecule has 0 heterocycles. The maximum Gasteiger partial charge on any atom is 0.573 e. The van der Waals surface area contributed by atoms with Crippen LogP contribution < -0.4 is 4.74 Å². The smallest absolute Gasteiger partial charge is 0.402 e. The molecule has 1 saturated carbocycles. The summed E-state index contributed by atoms with van der Waals surface area (Å²) >= 11 is 0. The summed E-state index contributed by atoms with van der Waals surface area (Å²) in [6.45, 7) is 3.69. The van der Waals surface area contributed by atoms with Gasteiger partial charge in [-0.15, -0.1) is 13.2 Å². The van der Waals surface area contributed by atoms with E-state index >= 15 is 0 Å². The second-order valence-electron chi connectivity index (χ2n) is 7.23. The topological polar surface area (TPSA) is 9.23 Å². The summed E-state index contributed by atoms with van der Waals surface area (Å²) in [5, 5.41) is 0. The first-order chi connectivity index (χ1) is 12.2. The van der Waals surface area contributed by atoms with Crippen molar-refractivity contribution in [2.75, 3.05) is 0 Å². The Morgan fingerprint density at radius 2 is 1.54 bits per heavy atom. The van der Waals surface area contributed by atoms with Gasteiger partial charge in [-0.2, -0.15) is 0 Å². The third kappa shape index (κ3) is 4.37. The van der Waals surface area contributed by atoms with Crippen molar-refractivity contribution < 1.29 is 22.3 Å². The van der Waals surface area contributed by atoms with Gasteiger partial charge in [0.05, 0.1) is 0 Å². The fourth-order valence-corrected chi connectivity index (χ4v) is 3.68. The number of halogens is 4. The van der Waals surface area contributed by atoms with Crippen LogP contribution >= 0.6 is 0 Å². The molecule has 0 amide bonds. The quantitative estimate of drug-likeness (QED) is 0.532. The zero-order valence-corrected chi connectivity index (χ0v) is 14.9. The van der Waals surface area contributed by atoms with E-state index < -0.39 is 17.9 Å². The van der Waals surface area contributed by atoms with E-state index in [-0.39, 0.29) is 5.56 Å². The standard InChI is InChI=1S/C21H22F4O/c1-13-3-5-15(6-4-13)16-7-9-17(10-8-16)18-11-14(2)20(19(22)12-18)26-21(23,24)25/h7-13,15H,3-6H2,1-2H3. The first-order valence-electron chi connectivity index (χ1n) is 8.89. The minimum atomic E-state index is -4.91. The zero-order chi connectivity index (χ0) is 18.9. The van der Waals surface area contributed by atoms with E-state index in [4.69, 9.17) is 0 Å². The summed E-state index contributed by atoms with van der Waals surface area (Å²) in [4.78, 5) is 0. The van der Waals surface area contributed by atoms with E-state index in [0.717, 1.165) is 17.5 Å². The van der Waals surface area contributed by atoms with Crippen LogP contribution in [0.3, 0.4) is 0 Å². The minimum Gasteiger partial charge on any atom is -0.402 e. The predicted octanol–water partition coefficient (Wildman–Crippen LogP) is 6.99. The Labute approximate surface area is 151 Å². The molecule has 3 rings (SSSR count). The average Bonchev–Trinajstić information content (AvgIpc) is 2.58. The van der Waals surface area contributed by atoms with Crippen molar-refractivity contribution in [3.63, 3.8) is 0 Å². The Hall–Kier alpha value is -2.04. The molecule has 1 aliphatic rings. The van der Waals surface area contributed by atoms with Crippen LogP contribution in [-0.4, -0.2) is 6.36 Å². The molecule has 0 atom stereocenters. The second kappa shape index (κ2) is 7.29. The normalized spacial score (nSPS) is 20.8. The maximum atomic E-state index is 14.1. The Morgan fingerprint density at radius 1 is 0.923 bits per heavy atom. The number of hydrogen-bond acceptors (Lipinski definition) is 1. The van der Waals surface area contributed by atoms with Gasteiger partial charge in [-0.25, -0.2) is 4.39 Å². The highest BCUT2D eigenvalue weighted by molar-refractivity contribution is 5.66. The Bertz CT molecular complexity index is 734. The van der Waals surface area contributed by atoms with E-state index in [9.17, 15) is 17.6 Å². The summed E-state index contributed by atoms with van der Waals surface area (Å²) < 4.78 is 55.0. The first-order valence-corrected chi connectivity index (χ1v) is 8.89. The van der Waals surface area contributed by atoms with Crippen molar-refractivity contribution in [2.45, 2.75) is 51.8 Å². The molecule has 0 saturated heterocycles. The van der Waals surface area contributed by atoms with Gasteiger partial charge in [-0.3, -0.25) is 0 Å². The average molecular weight is 366 g/mol. The van der Waals surface area contributed by atoms with Crippen LogP contribution in [0.15, 0.2) is 36.4 Å². The maximum absolute atomic E-state index is 14.1. The molecular formula is C21H22F4O. The van der Waals surface area contributed by atoms with Crippen LogP contribution in [0.25, 0.3) is 11.1 Å². The van der Waals surface area contributed by atoms with Crippen molar-refractivity contribution in [3.8, 4) is 16.9 Å². The van der Waals surface area contributed by atoms with Crippen LogP contribution in [0, 0.1) is 18.7 Å². The van der Waals surface area contributed by atoms with E-state index in [1.165, 1.54) is 44.2 Å². The Balaban J connectivity index is 1.81. The van der Waals surface area contributed by atoms with Crippen molar-refractivity contribution >= 4 is 0 Å². The molecule has 0 bridgehead atoms. The van der Waals surface area contributed by atoms with Crippen LogP contribution in [-0.2, 0) is 0 Å². The summed E-state index contributed by atoms with van der Waals surface area (Å²) in [5.74, 6) is -0.438. The number of alkyl halides is 3. The molecule has 26 heavy (non-hydrogen) atoms. The molecule has 1 nitrogen and oxygen atoms in total. The van der Waals surface area contributed by atoms with E-state index in [2.05, 4.69) is 11.7 Å². The fourth-order valence-electron chi connectivity index (χ4n) is 3.68. The third-order valence-corrected chi connectivity index (χ3v) is 5.18. The summed E-state index contributed by atoms with van der Waals surface area (Å²) in [6, 6.07) is 10.5. The number of aryl methyl sites for hydroxylation is 1. The van der Waals surface area contributed by atoms with Crippen LogP contribution in [0.5, 0.6) is 5.75 Å². The number of benzene rings is 2. The van der Waals surface area contributed by atoms with Gasteiger partial charge in [0.25, 0.3) is 0 Å². The zero-order valence-electron chi connectivity index (χ0n) is 14.9. The molecule has 2 aromatic carbocycles. The molecule has 1 fully saturated rings. The molecule has 1 aliphatic carbocycles. The monoisotopic (exact) mass is 366 g/mol. The Morgan fingerprint density at radius 3 is 2.08 bits per heavy atom. The van der Waals surface area contributed by atoms with Crippen molar-refractivity contribution in [1.82, 2.24) is 0 Å². The van der Waals surface area contributed by atoms with E-state index in [1.807, 2.05) is 24.3 Å². The van der Waals surface area contributed by atoms with Crippen molar-refractivity contribution in [1.29, 1.82) is 0 Å². The lowest BCUT2D eigenvalue weighted by Crippen LogP contribution is -2.18. The third-order valence-electron chi connectivity index (χ3n) is 5.18. The molecule has 140 valence electrons. The second-order valence-corrected chi connectivity index (χ2v) is 7.23.